The van der Waals surface area contributed by atoms with E-state index in [1.54, 1.807) is 6.07 Å². The molecule has 1 saturated heterocycles. The van der Waals surface area contributed by atoms with E-state index >= 15 is 0 Å². The van der Waals surface area contributed by atoms with Gasteiger partial charge in [-0.2, -0.15) is 0 Å². The third kappa shape index (κ3) is 6.08. The highest BCUT2D eigenvalue weighted by molar-refractivity contribution is 6.30. The van der Waals surface area contributed by atoms with E-state index in [0.717, 1.165) is 37.2 Å². The fourth-order valence-electron chi connectivity index (χ4n) is 6.38. The van der Waals surface area contributed by atoms with Gasteiger partial charge in [-0.15, -0.1) is 0 Å². The molecule has 1 aromatic heterocycles. The predicted molar refractivity (Wildman–Crippen MR) is 173 cm³/mol. The van der Waals surface area contributed by atoms with Crippen LogP contribution >= 0.6 is 11.6 Å². The summed E-state index contributed by atoms with van der Waals surface area (Å²) >= 11 is 5.97. The molecule has 46 heavy (non-hydrogen) atoms. The first kappa shape index (κ1) is 31.3. The maximum absolute atomic E-state index is 14.7. The van der Waals surface area contributed by atoms with Gasteiger partial charge in [0.1, 0.15) is 18.1 Å². The van der Waals surface area contributed by atoms with Crippen molar-refractivity contribution in [1.82, 2.24) is 19.4 Å². The molecule has 3 aromatic carbocycles. The van der Waals surface area contributed by atoms with Crippen molar-refractivity contribution >= 4 is 40.8 Å². The van der Waals surface area contributed by atoms with Crippen molar-refractivity contribution in [3.05, 3.63) is 106 Å². The highest BCUT2D eigenvalue weighted by Crippen LogP contribution is 2.38. The van der Waals surface area contributed by atoms with Gasteiger partial charge in [0.2, 0.25) is 0 Å². The Labute approximate surface area is 271 Å². The van der Waals surface area contributed by atoms with Gasteiger partial charge in [0.25, 0.3) is 11.8 Å². The van der Waals surface area contributed by atoms with Crippen LogP contribution in [0.15, 0.2) is 73.2 Å². The Balaban J connectivity index is 1.34. The van der Waals surface area contributed by atoms with Gasteiger partial charge in [-0.1, -0.05) is 29.8 Å². The van der Waals surface area contributed by atoms with Crippen LogP contribution < -0.4 is 10.2 Å². The number of nitrogens with one attached hydrogen (secondary N) is 1. The predicted octanol–water partition coefficient (Wildman–Crippen LogP) is 5.27. The van der Waals surface area contributed by atoms with Crippen LogP contribution in [0.25, 0.3) is 5.69 Å². The number of amides is 2. The van der Waals surface area contributed by atoms with Crippen molar-refractivity contribution in [3.63, 3.8) is 0 Å². The SMILES string of the molecule is CN(C)C1CCN(c2cccc3c2CCN(C(=O)c2cn(-c4cccc(Cl)c4F)cn2)[C@@H]3C(=O)Nc2ccc(C(=O)O)cc2)CC1. The minimum Gasteiger partial charge on any atom is -0.478 e. The maximum Gasteiger partial charge on any atom is 0.335 e. The summed E-state index contributed by atoms with van der Waals surface area (Å²) in [7, 11) is 4.20. The summed E-state index contributed by atoms with van der Waals surface area (Å²) in [5.74, 6) is -2.64. The first-order valence-corrected chi connectivity index (χ1v) is 15.5. The Morgan fingerprint density at radius 3 is 2.37 bits per heavy atom. The first-order chi connectivity index (χ1) is 22.1. The highest BCUT2D eigenvalue weighted by atomic mass is 35.5. The average molecular weight is 645 g/mol. The standard InChI is InChI=1S/C34H34ClFN6O4/c1-39(2)23-13-16-40(17-14-23)28-7-3-5-25-24(28)15-18-42(31(25)32(43)38-22-11-9-21(10-12-22)34(45)46)33(44)27-19-41(20-37-27)29-8-4-6-26(35)30(29)36/h3-12,19-20,23,31H,13-18H2,1-2H3,(H,38,43)(H,45,46)/t31-/m0/s1. The van der Waals surface area contributed by atoms with E-state index < -0.39 is 29.6 Å². The summed E-state index contributed by atoms with van der Waals surface area (Å²) in [5, 5.41) is 12.1. The molecule has 12 heteroatoms. The molecule has 0 aliphatic carbocycles. The van der Waals surface area contributed by atoms with E-state index in [4.69, 9.17) is 11.6 Å². The van der Waals surface area contributed by atoms with Crippen LogP contribution in [0.4, 0.5) is 15.8 Å². The maximum atomic E-state index is 14.7. The minimum atomic E-state index is -1.07. The number of aromatic carboxylic acids is 1. The lowest BCUT2D eigenvalue weighted by Crippen LogP contribution is -2.46. The molecular weight excluding hydrogens is 611 g/mol. The van der Waals surface area contributed by atoms with Crippen molar-refractivity contribution in [2.75, 3.05) is 43.9 Å². The molecule has 2 amide bonds. The number of aromatic nitrogens is 2. The Hall–Kier alpha value is -4.74. The number of piperidine rings is 1. The summed E-state index contributed by atoms with van der Waals surface area (Å²) in [6.45, 7) is 2.02. The quantitative estimate of drug-likeness (QED) is 0.282. The lowest BCUT2D eigenvalue weighted by Gasteiger charge is -2.41. The van der Waals surface area contributed by atoms with Crippen LogP contribution in [-0.2, 0) is 11.2 Å². The molecule has 238 valence electrons. The highest BCUT2D eigenvalue weighted by Gasteiger charge is 2.39. The molecular formula is C34H34ClFN6O4. The summed E-state index contributed by atoms with van der Waals surface area (Å²) in [5.41, 5.74) is 3.48. The molecule has 0 unspecified atom stereocenters. The van der Waals surface area contributed by atoms with Gasteiger partial charge in [-0.25, -0.2) is 14.2 Å². The van der Waals surface area contributed by atoms with Crippen LogP contribution in [0, 0.1) is 5.82 Å². The average Bonchev–Trinajstić information content (AvgIpc) is 3.55. The van der Waals surface area contributed by atoms with Crippen molar-refractivity contribution in [2.24, 2.45) is 0 Å². The zero-order valence-electron chi connectivity index (χ0n) is 25.5. The van der Waals surface area contributed by atoms with Crippen LogP contribution in [0.1, 0.15) is 50.9 Å². The van der Waals surface area contributed by atoms with Gasteiger partial charge in [0.05, 0.1) is 16.3 Å². The number of imidazole rings is 1. The Kier molecular flexibility index (Phi) is 8.79. The number of halogens is 2. The minimum absolute atomic E-state index is 0.0494. The number of rotatable bonds is 7. The largest absolute Gasteiger partial charge is 0.478 e. The van der Waals surface area contributed by atoms with Gasteiger partial charge in [-0.3, -0.25) is 9.59 Å². The Morgan fingerprint density at radius 2 is 1.67 bits per heavy atom. The van der Waals surface area contributed by atoms with E-state index in [2.05, 4.69) is 40.3 Å². The van der Waals surface area contributed by atoms with E-state index in [1.165, 1.54) is 58.4 Å². The van der Waals surface area contributed by atoms with Crippen molar-refractivity contribution in [1.29, 1.82) is 0 Å². The molecule has 10 nitrogen and oxygen atoms in total. The lowest BCUT2D eigenvalue weighted by atomic mass is 9.89. The third-order valence-electron chi connectivity index (χ3n) is 8.85. The number of fused-ring (bicyclic) bond motifs is 1. The second kappa shape index (κ2) is 12.9. The molecule has 2 N–H and O–H groups in total. The summed E-state index contributed by atoms with van der Waals surface area (Å²) in [6, 6.07) is 15.8. The third-order valence-corrected chi connectivity index (χ3v) is 9.14. The normalized spacial score (nSPS) is 16.8. The van der Waals surface area contributed by atoms with E-state index in [-0.39, 0.29) is 28.5 Å². The number of carboxylic acid groups (broad SMARTS) is 1. The van der Waals surface area contributed by atoms with Crippen molar-refractivity contribution < 1.29 is 23.9 Å². The summed E-state index contributed by atoms with van der Waals surface area (Å²) in [4.78, 5) is 49.8. The fourth-order valence-corrected chi connectivity index (χ4v) is 6.55. The number of hydrogen-bond donors (Lipinski definition) is 2. The second-order valence-corrected chi connectivity index (χ2v) is 12.2. The molecule has 1 atom stereocenters. The fraction of sp³-hybridized carbons (Fsp3) is 0.294. The molecule has 0 bridgehead atoms. The molecule has 1 fully saturated rings. The van der Waals surface area contributed by atoms with E-state index in [1.807, 2.05) is 12.1 Å². The summed E-state index contributed by atoms with van der Waals surface area (Å²) in [6.07, 6.45) is 5.35. The van der Waals surface area contributed by atoms with Crippen LogP contribution in [0.5, 0.6) is 0 Å². The number of carboxylic acids is 1. The number of nitrogens with zero attached hydrogens (tertiary/aromatic N) is 5. The molecule has 0 radical (unpaired) electrons. The first-order valence-electron chi connectivity index (χ1n) is 15.1. The zero-order valence-corrected chi connectivity index (χ0v) is 26.2. The molecule has 3 heterocycles. The topological polar surface area (TPSA) is 111 Å². The van der Waals surface area contributed by atoms with Gasteiger partial charge in [0.15, 0.2) is 5.82 Å². The van der Waals surface area contributed by atoms with Gasteiger partial charge >= 0.3 is 5.97 Å². The monoisotopic (exact) mass is 644 g/mol. The summed E-state index contributed by atoms with van der Waals surface area (Å²) < 4.78 is 16.1. The van der Waals surface area contributed by atoms with Gasteiger partial charge in [-0.05, 0) is 86.9 Å². The number of hydrogen-bond acceptors (Lipinski definition) is 6. The van der Waals surface area contributed by atoms with Crippen LogP contribution in [-0.4, -0.2) is 82.0 Å². The van der Waals surface area contributed by atoms with E-state index in [0.29, 0.717) is 23.7 Å². The van der Waals surface area contributed by atoms with Crippen LogP contribution in [0.3, 0.4) is 0 Å². The van der Waals surface area contributed by atoms with Crippen molar-refractivity contribution in [2.45, 2.75) is 31.3 Å². The van der Waals surface area contributed by atoms with Crippen molar-refractivity contribution in [3.8, 4) is 5.69 Å². The smallest absolute Gasteiger partial charge is 0.335 e. The molecule has 4 aromatic rings. The van der Waals surface area contributed by atoms with E-state index in [9.17, 15) is 23.9 Å². The van der Waals surface area contributed by atoms with Crippen LogP contribution in [0.2, 0.25) is 5.02 Å². The number of carbonyl (C=O) groups excluding carboxylic acids is 2. The Bertz CT molecular complexity index is 1780. The number of carbonyl (C=O) groups is 3. The molecule has 2 aliphatic heterocycles. The molecule has 0 saturated carbocycles. The molecule has 6 rings (SSSR count). The second-order valence-electron chi connectivity index (χ2n) is 11.8. The lowest BCUT2D eigenvalue weighted by molar-refractivity contribution is -0.121. The molecule has 2 aliphatic rings. The van der Waals surface area contributed by atoms with Gasteiger partial charge in [0, 0.05) is 43.2 Å². The number of benzene rings is 3. The van der Waals surface area contributed by atoms with Gasteiger partial charge < -0.3 is 29.7 Å². The molecule has 0 spiro atoms. The zero-order chi connectivity index (χ0) is 32.5. The Morgan fingerprint density at radius 1 is 0.978 bits per heavy atom. The number of anilines is 2.